The number of amides is 1. The van der Waals surface area contributed by atoms with Crippen LogP contribution in [0.2, 0.25) is 0 Å². The highest BCUT2D eigenvalue weighted by Crippen LogP contribution is 2.31. The van der Waals surface area contributed by atoms with Crippen LogP contribution in [0.5, 0.6) is 5.75 Å². The number of benzene rings is 1. The van der Waals surface area contributed by atoms with Gasteiger partial charge in [-0.3, -0.25) is 5.32 Å². The van der Waals surface area contributed by atoms with Gasteiger partial charge in [0.05, 0.1) is 19.7 Å². The van der Waals surface area contributed by atoms with Gasteiger partial charge in [-0.05, 0) is 32.9 Å². The van der Waals surface area contributed by atoms with Crippen LogP contribution < -0.4 is 10.1 Å². The molecule has 1 amide bonds. The Hall–Kier alpha value is -3.56. The van der Waals surface area contributed by atoms with Crippen molar-refractivity contribution in [2.45, 2.75) is 26.4 Å². The molecule has 10 heteroatoms. The average Bonchev–Trinajstić information content (AvgIpc) is 3.21. The summed E-state index contributed by atoms with van der Waals surface area (Å²) in [6.45, 7) is 5.34. The van der Waals surface area contributed by atoms with Gasteiger partial charge in [0.15, 0.2) is 23.2 Å². The van der Waals surface area contributed by atoms with Gasteiger partial charge in [-0.15, -0.1) is 0 Å². The number of rotatable bonds is 4. The lowest BCUT2D eigenvalue weighted by atomic mass is 10.1. The molecule has 29 heavy (non-hydrogen) atoms. The maximum absolute atomic E-state index is 12.0. The fraction of sp³-hybridized carbons (Fsp3) is 0.368. The molecule has 0 bridgehead atoms. The van der Waals surface area contributed by atoms with Crippen LogP contribution in [0.3, 0.4) is 0 Å². The third kappa shape index (κ3) is 4.15. The second kappa shape index (κ2) is 7.46. The molecule has 10 nitrogen and oxygen atoms in total. The van der Waals surface area contributed by atoms with Crippen molar-refractivity contribution in [1.82, 2.24) is 19.5 Å². The summed E-state index contributed by atoms with van der Waals surface area (Å²) >= 11 is 0. The van der Waals surface area contributed by atoms with Crippen molar-refractivity contribution < 1.29 is 23.8 Å². The summed E-state index contributed by atoms with van der Waals surface area (Å²) in [5.41, 5.74) is 0.794. The van der Waals surface area contributed by atoms with Gasteiger partial charge in [0.25, 0.3) is 0 Å². The Labute approximate surface area is 167 Å². The smallest absolute Gasteiger partial charge is 0.413 e. The van der Waals surface area contributed by atoms with E-state index in [4.69, 9.17) is 14.2 Å². The van der Waals surface area contributed by atoms with Gasteiger partial charge in [-0.2, -0.15) is 0 Å². The summed E-state index contributed by atoms with van der Waals surface area (Å²) < 4.78 is 17.1. The third-order valence-electron chi connectivity index (χ3n) is 3.94. The molecule has 2 aromatic heterocycles. The zero-order valence-electron chi connectivity index (χ0n) is 17.1. The van der Waals surface area contributed by atoms with Crippen molar-refractivity contribution in [2.75, 3.05) is 19.5 Å². The number of H-pyrrole nitrogens is 1. The predicted molar refractivity (Wildman–Crippen MR) is 106 cm³/mol. The van der Waals surface area contributed by atoms with Crippen molar-refractivity contribution in [3.05, 3.63) is 23.9 Å². The van der Waals surface area contributed by atoms with Crippen LogP contribution in [0.25, 0.3) is 22.7 Å². The van der Waals surface area contributed by atoms with Crippen LogP contribution in [-0.2, 0) is 16.5 Å². The zero-order chi connectivity index (χ0) is 21.3. The quantitative estimate of drug-likeness (QED) is 0.644. The van der Waals surface area contributed by atoms with Gasteiger partial charge in [-0.25, -0.2) is 19.6 Å². The van der Waals surface area contributed by atoms with E-state index in [0.717, 1.165) is 0 Å². The van der Waals surface area contributed by atoms with E-state index in [1.807, 2.05) is 0 Å². The van der Waals surface area contributed by atoms with E-state index in [1.54, 1.807) is 50.7 Å². The third-order valence-corrected chi connectivity index (χ3v) is 3.94. The first-order valence-electron chi connectivity index (χ1n) is 8.81. The standard InChI is InChI=1S/C19H23N5O5/c1-19(2,3)29-18(26)22-12-9-24(4)16(21-12)15-20-11-8-7-10(17(25)28-6)14(27-5)13(11)23-15/h7-9H,1-6H3,(H,20,23)(H,22,26). The van der Waals surface area contributed by atoms with Gasteiger partial charge < -0.3 is 23.8 Å². The lowest BCUT2D eigenvalue weighted by Gasteiger charge is -2.18. The summed E-state index contributed by atoms with van der Waals surface area (Å²) in [4.78, 5) is 36.0. The van der Waals surface area contributed by atoms with Gasteiger partial charge in [0.2, 0.25) is 0 Å². The molecule has 0 atom stereocenters. The fourth-order valence-corrected chi connectivity index (χ4v) is 2.80. The molecule has 2 heterocycles. The molecule has 0 saturated carbocycles. The summed E-state index contributed by atoms with van der Waals surface area (Å²) in [6, 6.07) is 3.28. The highest BCUT2D eigenvalue weighted by Gasteiger charge is 2.21. The Morgan fingerprint density at radius 2 is 1.90 bits per heavy atom. The Morgan fingerprint density at radius 3 is 2.52 bits per heavy atom. The van der Waals surface area contributed by atoms with Crippen LogP contribution in [0.4, 0.5) is 10.6 Å². The van der Waals surface area contributed by atoms with E-state index in [1.165, 1.54) is 14.2 Å². The highest BCUT2D eigenvalue weighted by molar-refractivity contribution is 5.99. The maximum atomic E-state index is 12.0. The first-order valence-corrected chi connectivity index (χ1v) is 8.81. The SMILES string of the molecule is COC(=O)c1ccc2nc(-c3nc(NC(=O)OC(C)(C)C)cn3C)[nH]c2c1OC. The van der Waals surface area contributed by atoms with Crippen molar-refractivity contribution >= 4 is 28.9 Å². The van der Waals surface area contributed by atoms with Crippen molar-refractivity contribution in [2.24, 2.45) is 7.05 Å². The lowest BCUT2D eigenvalue weighted by molar-refractivity contribution is 0.0595. The number of aryl methyl sites for hydroxylation is 1. The van der Waals surface area contributed by atoms with E-state index < -0.39 is 17.7 Å². The number of nitrogens with one attached hydrogen (secondary N) is 2. The minimum Gasteiger partial charge on any atom is -0.494 e. The van der Waals surface area contributed by atoms with Gasteiger partial charge in [0.1, 0.15) is 16.7 Å². The Balaban J connectivity index is 1.96. The van der Waals surface area contributed by atoms with Gasteiger partial charge in [0, 0.05) is 13.2 Å². The number of fused-ring (bicyclic) bond motifs is 1. The fourth-order valence-electron chi connectivity index (χ4n) is 2.80. The number of aromatic nitrogens is 4. The number of aromatic amines is 1. The molecule has 2 N–H and O–H groups in total. The summed E-state index contributed by atoms with van der Waals surface area (Å²) in [7, 11) is 4.54. The number of nitrogens with zero attached hydrogens (tertiary/aromatic N) is 3. The zero-order valence-corrected chi connectivity index (χ0v) is 17.1. The normalized spacial score (nSPS) is 11.4. The maximum Gasteiger partial charge on any atom is 0.413 e. The molecule has 0 unspecified atom stereocenters. The van der Waals surface area contributed by atoms with Gasteiger partial charge in [-0.1, -0.05) is 0 Å². The number of imidazole rings is 2. The molecular weight excluding hydrogens is 378 g/mol. The molecule has 1 aromatic carbocycles. The van der Waals surface area contributed by atoms with E-state index in [0.29, 0.717) is 34.2 Å². The van der Waals surface area contributed by atoms with Crippen LogP contribution in [0.1, 0.15) is 31.1 Å². The molecule has 0 spiro atoms. The first kappa shape index (κ1) is 20.2. The minimum atomic E-state index is -0.617. The molecule has 0 aliphatic carbocycles. The Kier molecular flexibility index (Phi) is 5.19. The average molecular weight is 401 g/mol. The highest BCUT2D eigenvalue weighted by atomic mass is 16.6. The lowest BCUT2D eigenvalue weighted by Crippen LogP contribution is -2.27. The van der Waals surface area contributed by atoms with Crippen LogP contribution in [-0.4, -0.2) is 51.4 Å². The molecular formula is C19H23N5O5. The van der Waals surface area contributed by atoms with Crippen molar-refractivity contribution in [3.63, 3.8) is 0 Å². The summed E-state index contributed by atoms with van der Waals surface area (Å²) in [5, 5.41) is 2.60. The molecule has 0 aliphatic rings. The van der Waals surface area contributed by atoms with E-state index in [2.05, 4.69) is 20.3 Å². The molecule has 0 fully saturated rings. The van der Waals surface area contributed by atoms with Crippen LogP contribution in [0.15, 0.2) is 18.3 Å². The number of methoxy groups -OCH3 is 2. The monoisotopic (exact) mass is 401 g/mol. The molecule has 3 rings (SSSR count). The number of carbonyl (C=O) groups excluding carboxylic acids is 2. The number of hydrogen-bond donors (Lipinski definition) is 2. The molecule has 3 aromatic rings. The molecule has 0 saturated heterocycles. The first-order chi connectivity index (χ1) is 13.6. The molecule has 154 valence electrons. The van der Waals surface area contributed by atoms with E-state index >= 15 is 0 Å². The second-order valence-corrected chi connectivity index (χ2v) is 7.31. The van der Waals surface area contributed by atoms with Crippen LogP contribution >= 0.6 is 0 Å². The minimum absolute atomic E-state index is 0.282. The number of anilines is 1. The number of esters is 1. The largest absolute Gasteiger partial charge is 0.494 e. The Morgan fingerprint density at radius 1 is 1.17 bits per heavy atom. The van der Waals surface area contributed by atoms with Gasteiger partial charge >= 0.3 is 12.1 Å². The second-order valence-electron chi connectivity index (χ2n) is 7.31. The topological polar surface area (TPSA) is 120 Å². The van der Waals surface area contributed by atoms with E-state index in [-0.39, 0.29) is 5.56 Å². The number of carbonyl (C=O) groups is 2. The summed E-state index contributed by atoms with van der Waals surface area (Å²) in [5.74, 6) is 1.06. The predicted octanol–water partition coefficient (Wildman–Crippen LogP) is 3.11. The van der Waals surface area contributed by atoms with E-state index in [9.17, 15) is 9.59 Å². The van der Waals surface area contributed by atoms with Crippen molar-refractivity contribution in [3.8, 4) is 17.4 Å². The van der Waals surface area contributed by atoms with Crippen LogP contribution in [0, 0.1) is 0 Å². The Bertz CT molecular complexity index is 1080. The molecule has 0 aliphatic heterocycles. The number of hydrogen-bond acceptors (Lipinski definition) is 7. The van der Waals surface area contributed by atoms with Crippen molar-refractivity contribution in [1.29, 1.82) is 0 Å². The molecule has 0 radical (unpaired) electrons. The summed E-state index contributed by atoms with van der Waals surface area (Å²) in [6.07, 6.45) is 1.04. The number of ether oxygens (including phenoxy) is 3.